The molecule has 0 bridgehead atoms. The van der Waals surface area contributed by atoms with E-state index in [1.54, 1.807) is 0 Å². The maximum atomic E-state index is 4.41. The minimum Gasteiger partial charge on any atom is -0.285 e. The van der Waals surface area contributed by atoms with Gasteiger partial charge in [-0.15, -0.1) is 0 Å². The SMILES string of the molecule is C=C(C)CN=C(C)c1ccccc1. The Morgan fingerprint density at radius 2 is 1.85 bits per heavy atom. The Bertz CT molecular complexity index is 309. The number of rotatable bonds is 3. The predicted octanol–water partition coefficient (Wildman–Crippen LogP) is 3.07. The molecule has 0 saturated carbocycles. The molecule has 0 saturated heterocycles. The molecule has 0 aromatic heterocycles. The first-order chi connectivity index (χ1) is 6.20. The molecule has 0 spiro atoms. The van der Waals surface area contributed by atoms with Gasteiger partial charge in [0.1, 0.15) is 0 Å². The van der Waals surface area contributed by atoms with E-state index >= 15 is 0 Å². The van der Waals surface area contributed by atoms with E-state index in [9.17, 15) is 0 Å². The first-order valence-electron chi connectivity index (χ1n) is 4.41. The lowest BCUT2D eigenvalue weighted by Crippen LogP contribution is -1.95. The molecule has 0 unspecified atom stereocenters. The highest BCUT2D eigenvalue weighted by atomic mass is 14.7. The third-order valence-electron chi connectivity index (χ3n) is 1.78. The zero-order valence-electron chi connectivity index (χ0n) is 8.25. The minimum absolute atomic E-state index is 0.723. The molecule has 0 atom stereocenters. The van der Waals surface area contributed by atoms with E-state index in [1.807, 2.05) is 32.0 Å². The van der Waals surface area contributed by atoms with Crippen LogP contribution < -0.4 is 0 Å². The van der Waals surface area contributed by atoms with Crippen LogP contribution in [0.4, 0.5) is 0 Å². The van der Waals surface area contributed by atoms with Crippen molar-refractivity contribution >= 4 is 5.71 Å². The lowest BCUT2D eigenvalue weighted by molar-refractivity contribution is 1.14. The maximum absolute atomic E-state index is 4.41. The molecule has 1 nitrogen and oxygen atoms in total. The monoisotopic (exact) mass is 173 g/mol. The summed E-state index contributed by atoms with van der Waals surface area (Å²) in [5, 5.41) is 0. The van der Waals surface area contributed by atoms with Gasteiger partial charge in [0.25, 0.3) is 0 Å². The van der Waals surface area contributed by atoms with E-state index in [1.165, 1.54) is 5.56 Å². The Morgan fingerprint density at radius 1 is 1.23 bits per heavy atom. The largest absolute Gasteiger partial charge is 0.285 e. The lowest BCUT2D eigenvalue weighted by Gasteiger charge is -2.00. The summed E-state index contributed by atoms with van der Waals surface area (Å²) in [5.74, 6) is 0. The highest BCUT2D eigenvalue weighted by molar-refractivity contribution is 5.98. The van der Waals surface area contributed by atoms with Gasteiger partial charge in [-0.2, -0.15) is 0 Å². The van der Waals surface area contributed by atoms with Crippen LogP contribution in [-0.4, -0.2) is 12.3 Å². The molecule has 0 fully saturated rings. The molecule has 0 heterocycles. The summed E-state index contributed by atoms with van der Waals surface area (Å²) in [5.41, 5.74) is 3.35. The molecule has 68 valence electrons. The molecule has 13 heavy (non-hydrogen) atoms. The van der Waals surface area contributed by atoms with E-state index in [0.29, 0.717) is 0 Å². The first kappa shape index (κ1) is 9.72. The second kappa shape index (κ2) is 4.61. The highest BCUT2D eigenvalue weighted by Gasteiger charge is 1.93. The highest BCUT2D eigenvalue weighted by Crippen LogP contribution is 2.01. The Balaban J connectivity index is 2.73. The van der Waals surface area contributed by atoms with Gasteiger partial charge in [0.05, 0.1) is 6.54 Å². The summed E-state index contributed by atoms with van der Waals surface area (Å²) in [6.45, 7) is 8.55. The van der Waals surface area contributed by atoms with Crippen LogP contribution in [0, 0.1) is 0 Å². The number of aliphatic imine (C=N–C) groups is 1. The average molecular weight is 173 g/mol. The number of benzene rings is 1. The third-order valence-corrected chi connectivity index (χ3v) is 1.78. The molecule has 1 aromatic rings. The van der Waals surface area contributed by atoms with Gasteiger partial charge in [-0.1, -0.05) is 42.5 Å². The number of hydrogen-bond acceptors (Lipinski definition) is 1. The van der Waals surface area contributed by atoms with Crippen LogP contribution in [0.5, 0.6) is 0 Å². The van der Waals surface area contributed by atoms with Crippen molar-refractivity contribution in [3.8, 4) is 0 Å². The Labute approximate surface area is 79.8 Å². The molecule has 0 radical (unpaired) electrons. The lowest BCUT2D eigenvalue weighted by atomic mass is 10.1. The van der Waals surface area contributed by atoms with Crippen LogP contribution in [-0.2, 0) is 0 Å². The molecule has 1 aromatic carbocycles. The summed E-state index contributed by atoms with van der Waals surface area (Å²) >= 11 is 0. The van der Waals surface area contributed by atoms with Crippen molar-refractivity contribution in [2.75, 3.05) is 6.54 Å². The molecule has 1 rings (SSSR count). The van der Waals surface area contributed by atoms with Gasteiger partial charge in [0, 0.05) is 5.71 Å². The summed E-state index contributed by atoms with van der Waals surface area (Å²) < 4.78 is 0. The van der Waals surface area contributed by atoms with Gasteiger partial charge >= 0.3 is 0 Å². The van der Waals surface area contributed by atoms with Gasteiger partial charge in [0.15, 0.2) is 0 Å². The molecule has 0 amide bonds. The average Bonchev–Trinajstić information content (AvgIpc) is 2.15. The summed E-state index contributed by atoms with van der Waals surface area (Å²) in [6, 6.07) is 10.2. The van der Waals surface area contributed by atoms with Gasteiger partial charge in [-0.3, -0.25) is 4.99 Å². The summed E-state index contributed by atoms with van der Waals surface area (Å²) in [7, 11) is 0. The second-order valence-corrected chi connectivity index (χ2v) is 3.22. The predicted molar refractivity (Wildman–Crippen MR) is 58.3 cm³/mol. The fourth-order valence-corrected chi connectivity index (χ4v) is 1.02. The standard InChI is InChI=1S/C12H15N/c1-10(2)9-13-11(3)12-7-5-4-6-8-12/h4-8H,1,9H2,2-3H3. The van der Waals surface area contributed by atoms with Crippen LogP contribution in [0.15, 0.2) is 47.5 Å². The van der Waals surface area contributed by atoms with E-state index in [2.05, 4.69) is 23.7 Å². The zero-order chi connectivity index (χ0) is 9.68. The molecule has 0 aliphatic heterocycles. The van der Waals surface area contributed by atoms with Crippen LogP contribution in [0.3, 0.4) is 0 Å². The normalized spacial score (nSPS) is 11.4. The van der Waals surface area contributed by atoms with Crippen LogP contribution in [0.1, 0.15) is 19.4 Å². The van der Waals surface area contributed by atoms with Gasteiger partial charge in [0.2, 0.25) is 0 Å². The Kier molecular flexibility index (Phi) is 3.44. The van der Waals surface area contributed by atoms with Crippen molar-refractivity contribution in [1.82, 2.24) is 0 Å². The van der Waals surface area contributed by atoms with E-state index in [0.717, 1.165) is 17.8 Å². The van der Waals surface area contributed by atoms with Gasteiger partial charge in [-0.25, -0.2) is 0 Å². The van der Waals surface area contributed by atoms with Crippen molar-refractivity contribution in [3.63, 3.8) is 0 Å². The molecule has 0 aliphatic rings. The maximum Gasteiger partial charge on any atom is 0.0597 e. The second-order valence-electron chi connectivity index (χ2n) is 3.22. The Hall–Kier alpha value is -1.37. The summed E-state index contributed by atoms with van der Waals surface area (Å²) in [6.07, 6.45) is 0. The quantitative estimate of drug-likeness (QED) is 0.492. The number of hydrogen-bond donors (Lipinski definition) is 0. The van der Waals surface area contributed by atoms with E-state index < -0.39 is 0 Å². The van der Waals surface area contributed by atoms with Crippen LogP contribution in [0.25, 0.3) is 0 Å². The summed E-state index contributed by atoms with van der Waals surface area (Å²) in [4.78, 5) is 4.41. The van der Waals surface area contributed by atoms with Crippen molar-refractivity contribution < 1.29 is 0 Å². The molecule has 0 aliphatic carbocycles. The van der Waals surface area contributed by atoms with E-state index in [-0.39, 0.29) is 0 Å². The fourth-order valence-electron chi connectivity index (χ4n) is 1.02. The smallest absolute Gasteiger partial charge is 0.0597 e. The van der Waals surface area contributed by atoms with Crippen molar-refractivity contribution in [2.45, 2.75) is 13.8 Å². The van der Waals surface area contributed by atoms with Crippen molar-refractivity contribution in [3.05, 3.63) is 48.0 Å². The first-order valence-corrected chi connectivity index (χ1v) is 4.41. The third kappa shape index (κ3) is 3.24. The topological polar surface area (TPSA) is 12.4 Å². The van der Waals surface area contributed by atoms with Crippen LogP contribution in [0.2, 0.25) is 0 Å². The van der Waals surface area contributed by atoms with Crippen molar-refractivity contribution in [1.29, 1.82) is 0 Å². The molecular formula is C12H15N. The molecule has 0 N–H and O–H groups in total. The van der Waals surface area contributed by atoms with E-state index in [4.69, 9.17) is 0 Å². The minimum atomic E-state index is 0.723. The number of nitrogens with zero attached hydrogens (tertiary/aromatic N) is 1. The fraction of sp³-hybridized carbons (Fsp3) is 0.250. The Morgan fingerprint density at radius 3 is 2.38 bits per heavy atom. The van der Waals surface area contributed by atoms with Crippen LogP contribution >= 0.6 is 0 Å². The van der Waals surface area contributed by atoms with Gasteiger partial charge < -0.3 is 0 Å². The van der Waals surface area contributed by atoms with Crippen molar-refractivity contribution in [2.24, 2.45) is 4.99 Å². The molecular weight excluding hydrogens is 158 g/mol. The molecule has 1 heteroatoms. The van der Waals surface area contributed by atoms with Gasteiger partial charge in [-0.05, 0) is 19.4 Å². The zero-order valence-corrected chi connectivity index (χ0v) is 8.25.